The molecule has 0 saturated carbocycles. The zero-order valence-corrected chi connectivity index (χ0v) is 18.2. The third-order valence-corrected chi connectivity index (χ3v) is 6.53. The van der Waals surface area contributed by atoms with E-state index in [9.17, 15) is 21.6 Å². The Morgan fingerprint density at radius 1 is 1.23 bits per heavy atom. The van der Waals surface area contributed by atoms with Gasteiger partial charge in [0.2, 0.25) is 0 Å². The second-order valence-electron chi connectivity index (χ2n) is 6.81. The number of halogens is 3. The fourth-order valence-corrected chi connectivity index (χ4v) is 4.32. The number of nitrogens with one attached hydrogen (secondary N) is 1. The van der Waals surface area contributed by atoms with Crippen molar-refractivity contribution in [1.29, 1.82) is 5.41 Å². The lowest BCUT2D eigenvalue weighted by molar-refractivity contribution is -0.0600. The molecule has 0 saturated heterocycles. The summed E-state index contributed by atoms with van der Waals surface area (Å²) in [6, 6.07) is 11.0. The van der Waals surface area contributed by atoms with Crippen molar-refractivity contribution in [2.45, 2.75) is 31.0 Å². The van der Waals surface area contributed by atoms with Gasteiger partial charge in [-0.1, -0.05) is 17.3 Å². The lowest BCUT2D eigenvalue weighted by Gasteiger charge is -2.10. The number of benzene rings is 1. The Kier molecular flexibility index (Phi) is 6.46. The van der Waals surface area contributed by atoms with Gasteiger partial charge in [-0.05, 0) is 36.8 Å². The van der Waals surface area contributed by atoms with Crippen LogP contribution in [0.4, 0.5) is 13.2 Å². The highest BCUT2D eigenvalue weighted by Crippen LogP contribution is 2.31. The Morgan fingerprint density at radius 3 is 2.58 bits per heavy atom. The Balaban J connectivity index is 1.80. The second-order valence-corrected chi connectivity index (χ2v) is 9.91. The van der Waals surface area contributed by atoms with Crippen molar-refractivity contribution in [3.63, 3.8) is 0 Å². The SMILES string of the molecule is Cc1cc(CN=C(CC(=N)c2ccc(-c3cccc(S(C)(=O)=O)c3)s2)C(F)(F)F)no1. The fourth-order valence-electron chi connectivity index (χ4n) is 2.70. The monoisotopic (exact) mass is 469 g/mol. The minimum Gasteiger partial charge on any atom is -0.361 e. The Bertz CT molecular complexity index is 1240. The summed E-state index contributed by atoms with van der Waals surface area (Å²) in [5.41, 5.74) is -0.428. The van der Waals surface area contributed by atoms with Gasteiger partial charge in [0.25, 0.3) is 0 Å². The number of aryl methyl sites for hydroxylation is 1. The minimum atomic E-state index is -4.69. The number of nitrogens with zero attached hydrogens (tertiary/aromatic N) is 2. The number of sulfone groups is 1. The third kappa shape index (κ3) is 5.88. The second kappa shape index (κ2) is 8.75. The van der Waals surface area contributed by atoms with Crippen LogP contribution in [0.25, 0.3) is 10.4 Å². The number of thiophene rings is 1. The largest absolute Gasteiger partial charge is 0.429 e. The summed E-state index contributed by atoms with van der Waals surface area (Å²) in [6.07, 6.45) is -4.28. The summed E-state index contributed by atoms with van der Waals surface area (Å²) in [5, 5.41) is 11.8. The van der Waals surface area contributed by atoms with Gasteiger partial charge in [0, 0.05) is 28.5 Å². The number of rotatable bonds is 7. The van der Waals surface area contributed by atoms with E-state index in [1.54, 1.807) is 31.2 Å². The van der Waals surface area contributed by atoms with Crippen LogP contribution in [0.1, 0.15) is 22.8 Å². The molecule has 0 spiro atoms. The minimum absolute atomic E-state index is 0.143. The molecule has 11 heteroatoms. The zero-order chi connectivity index (χ0) is 22.8. The first-order valence-electron chi connectivity index (χ1n) is 8.94. The molecule has 0 radical (unpaired) electrons. The van der Waals surface area contributed by atoms with Gasteiger partial charge in [-0.25, -0.2) is 8.42 Å². The molecular weight excluding hydrogens is 451 g/mol. The first kappa shape index (κ1) is 22.9. The van der Waals surface area contributed by atoms with Crippen molar-refractivity contribution in [3.8, 4) is 10.4 Å². The van der Waals surface area contributed by atoms with Crippen molar-refractivity contribution in [2.24, 2.45) is 4.99 Å². The number of hydrogen-bond acceptors (Lipinski definition) is 7. The number of aromatic nitrogens is 1. The maximum absolute atomic E-state index is 13.4. The predicted molar refractivity (Wildman–Crippen MR) is 113 cm³/mol. The molecule has 0 bridgehead atoms. The Labute approximate surface area is 180 Å². The van der Waals surface area contributed by atoms with Crippen molar-refractivity contribution in [2.75, 3.05) is 6.26 Å². The smallest absolute Gasteiger partial charge is 0.361 e. The average Bonchev–Trinajstić information content (AvgIpc) is 3.33. The van der Waals surface area contributed by atoms with E-state index in [2.05, 4.69) is 10.1 Å². The van der Waals surface area contributed by atoms with E-state index < -0.39 is 28.1 Å². The van der Waals surface area contributed by atoms with E-state index in [0.29, 0.717) is 21.1 Å². The molecule has 3 rings (SSSR count). The van der Waals surface area contributed by atoms with Crippen LogP contribution in [0, 0.1) is 12.3 Å². The first-order valence-corrected chi connectivity index (χ1v) is 11.6. The molecular formula is C20H18F3N3O3S2. The van der Waals surface area contributed by atoms with Crippen LogP contribution in [0.3, 0.4) is 0 Å². The molecule has 1 N–H and O–H groups in total. The molecule has 0 aliphatic carbocycles. The lowest BCUT2D eigenvalue weighted by Crippen LogP contribution is -2.26. The van der Waals surface area contributed by atoms with Gasteiger partial charge in [-0.2, -0.15) is 13.2 Å². The van der Waals surface area contributed by atoms with E-state index in [1.807, 2.05) is 0 Å². The molecule has 0 aliphatic heterocycles. The summed E-state index contributed by atoms with van der Waals surface area (Å²) < 4.78 is 68.5. The first-order chi connectivity index (χ1) is 14.4. The molecule has 0 atom stereocenters. The normalized spacial score (nSPS) is 12.9. The third-order valence-electron chi connectivity index (χ3n) is 4.23. The van der Waals surface area contributed by atoms with E-state index in [1.165, 1.54) is 18.2 Å². The number of hydrogen-bond donors (Lipinski definition) is 1. The summed E-state index contributed by atoms with van der Waals surface area (Å²) in [5.74, 6) is 0.470. The molecule has 2 aromatic heterocycles. The molecule has 0 fully saturated rings. The summed E-state index contributed by atoms with van der Waals surface area (Å²) in [6.45, 7) is 1.33. The Morgan fingerprint density at radius 2 is 1.97 bits per heavy atom. The van der Waals surface area contributed by atoms with Crippen LogP contribution < -0.4 is 0 Å². The highest BCUT2D eigenvalue weighted by molar-refractivity contribution is 7.90. The molecule has 0 unspecified atom stereocenters. The quantitative estimate of drug-likeness (QED) is 0.488. The molecule has 6 nitrogen and oxygen atoms in total. The molecule has 3 aromatic rings. The highest BCUT2D eigenvalue weighted by atomic mass is 32.2. The van der Waals surface area contributed by atoms with Gasteiger partial charge in [0.1, 0.15) is 17.2 Å². The van der Waals surface area contributed by atoms with Crippen molar-refractivity contribution < 1.29 is 26.1 Å². The van der Waals surface area contributed by atoms with Crippen LogP contribution in [-0.4, -0.2) is 37.4 Å². The maximum atomic E-state index is 13.4. The topological polar surface area (TPSA) is 96.4 Å². The standard InChI is InChI=1S/C20H18F3N3O3S2/c1-12-8-14(26-29-12)11-25-19(20(21,22)23)10-16(24)18-7-6-17(30-18)13-4-3-5-15(9-13)31(2,27)28/h3-9,24H,10-11H2,1-2H3. The van der Waals surface area contributed by atoms with Crippen molar-refractivity contribution in [3.05, 3.63) is 58.8 Å². The molecule has 2 heterocycles. The highest BCUT2D eigenvalue weighted by Gasteiger charge is 2.36. The van der Waals surface area contributed by atoms with Crippen LogP contribution in [0.5, 0.6) is 0 Å². The number of alkyl halides is 3. The van der Waals surface area contributed by atoms with E-state index >= 15 is 0 Å². The summed E-state index contributed by atoms with van der Waals surface area (Å²) >= 11 is 1.11. The van der Waals surface area contributed by atoms with Crippen molar-refractivity contribution >= 4 is 32.6 Å². The van der Waals surface area contributed by atoms with Crippen LogP contribution in [0.15, 0.2) is 56.9 Å². The van der Waals surface area contributed by atoms with Crippen LogP contribution in [-0.2, 0) is 16.4 Å². The predicted octanol–water partition coefficient (Wildman–Crippen LogP) is 5.08. The molecule has 0 aliphatic rings. The van der Waals surface area contributed by atoms with Crippen LogP contribution in [0.2, 0.25) is 0 Å². The molecule has 0 amide bonds. The van der Waals surface area contributed by atoms with E-state index in [4.69, 9.17) is 9.93 Å². The summed E-state index contributed by atoms with van der Waals surface area (Å²) in [7, 11) is -3.39. The van der Waals surface area contributed by atoms with Gasteiger partial charge >= 0.3 is 6.18 Å². The summed E-state index contributed by atoms with van der Waals surface area (Å²) in [4.78, 5) is 4.75. The molecule has 1 aromatic carbocycles. The van der Waals surface area contributed by atoms with Crippen molar-refractivity contribution in [1.82, 2.24) is 5.16 Å². The van der Waals surface area contributed by atoms with Gasteiger partial charge in [-0.3, -0.25) is 4.99 Å². The fraction of sp³-hybridized carbons (Fsp3) is 0.250. The van der Waals surface area contributed by atoms with Gasteiger partial charge in [-0.15, -0.1) is 11.3 Å². The molecule has 164 valence electrons. The van der Waals surface area contributed by atoms with Gasteiger partial charge < -0.3 is 9.93 Å². The Hall–Kier alpha value is -2.79. The molecule has 31 heavy (non-hydrogen) atoms. The maximum Gasteiger partial charge on any atom is 0.429 e. The van der Waals surface area contributed by atoms with Crippen LogP contribution >= 0.6 is 11.3 Å². The van der Waals surface area contributed by atoms with Gasteiger partial charge in [0.15, 0.2) is 9.84 Å². The van der Waals surface area contributed by atoms with E-state index in [0.717, 1.165) is 17.6 Å². The lowest BCUT2D eigenvalue weighted by atomic mass is 10.1. The zero-order valence-electron chi connectivity index (χ0n) is 16.5. The van der Waals surface area contributed by atoms with Gasteiger partial charge in [0.05, 0.1) is 17.2 Å². The van der Waals surface area contributed by atoms with E-state index in [-0.39, 0.29) is 22.8 Å². The average molecular weight is 470 g/mol. The number of aliphatic imine (C=N–C) groups is 1.